The molecule has 0 aromatic heterocycles. The van der Waals surface area contributed by atoms with Crippen LogP contribution >= 0.6 is 11.6 Å². The molecule has 0 aliphatic rings. The molecule has 1 aromatic carbocycles. The fourth-order valence-corrected chi connectivity index (χ4v) is 1.89. The van der Waals surface area contributed by atoms with Gasteiger partial charge in [0.2, 0.25) is 0 Å². The topological polar surface area (TPSA) is 50.7 Å². The van der Waals surface area contributed by atoms with Crippen LogP contribution < -0.4 is 10.1 Å². The van der Waals surface area contributed by atoms with Crippen molar-refractivity contribution in [3.05, 3.63) is 28.8 Å². The molecule has 1 unspecified atom stereocenters. The monoisotopic (exact) mass is 315 g/mol. The second-order valence-corrected chi connectivity index (χ2v) is 6.11. The summed E-state index contributed by atoms with van der Waals surface area (Å²) in [5, 5.41) is 14.1. The number of aliphatic hydroxyl groups is 1. The van der Waals surface area contributed by atoms with Gasteiger partial charge in [-0.2, -0.15) is 0 Å². The Morgan fingerprint density at radius 3 is 2.71 bits per heavy atom. The lowest BCUT2D eigenvalue weighted by atomic mass is 9.94. The molecule has 1 rings (SSSR count). The molecule has 0 amide bonds. The van der Waals surface area contributed by atoms with Crippen molar-refractivity contribution in [1.82, 2.24) is 5.32 Å². The van der Waals surface area contributed by atoms with Crippen LogP contribution in [-0.4, -0.2) is 37.6 Å². The third-order valence-electron chi connectivity index (χ3n) is 3.60. The van der Waals surface area contributed by atoms with Crippen molar-refractivity contribution in [2.75, 3.05) is 26.9 Å². The molecule has 5 heteroatoms. The van der Waals surface area contributed by atoms with Gasteiger partial charge in [-0.1, -0.05) is 37.6 Å². The maximum atomic E-state index is 10.3. The third-order valence-corrected chi connectivity index (χ3v) is 3.90. The molecule has 0 saturated heterocycles. The summed E-state index contributed by atoms with van der Waals surface area (Å²) in [6.07, 6.45) is 0. The number of nitrogens with one attached hydrogen (secondary N) is 1. The second-order valence-electron chi connectivity index (χ2n) is 5.70. The number of ether oxygens (including phenoxy) is 2. The number of hydrogen-bond donors (Lipinski definition) is 2. The number of hydrogen-bond acceptors (Lipinski definition) is 4. The van der Waals surface area contributed by atoms with Crippen molar-refractivity contribution in [2.24, 2.45) is 5.92 Å². The van der Waals surface area contributed by atoms with Crippen molar-refractivity contribution in [3.63, 3.8) is 0 Å². The maximum Gasteiger partial charge on any atom is 0.142 e. The summed E-state index contributed by atoms with van der Waals surface area (Å²) in [5.74, 6) is 0.730. The van der Waals surface area contributed by atoms with Crippen LogP contribution in [0.15, 0.2) is 18.2 Å². The summed E-state index contributed by atoms with van der Waals surface area (Å²) in [7, 11) is 1.67. The minimum absolute atomic E-state index is 0.100. The zero-order chi connectivity index (χ0) is 15.9. The van der Waals surface area contributed by atoms with Gasteiger partial charge in [0.05, 0.1) is 17.2 Å². The first-order valence-corrected chi connectivity index (χ1v) is 7.58. The molecule has 120 valence electrons. The molecular weight excluding hydrogens is 290 g/mol. The van der Waals surface area contributed by atoms with Crippen LogP contribution in [0.2, 0.25) is 5.02 Å². The van der Waals surface area contributed by atoms with Crippen molar-refractivity contribution >= 4 is 11.6 Å². The fraction of sp³-hybridized carbons (Fsp3) is 0.625. The molecule has 21 heavy (non-hydrogen) atoms. The first-order valence-electron chi connectivity index (χ1n) is 7.20. The van der Waals surface area contributed by atoms with E-state index in [1.54, 1.807) is 20.1 Å². The van der Waals surface area contributed by atoms with Gasteiger partial charge in [-0.25, -0.2) is 0 Å². The van der Waals surface area contributed by atoms with Gasteiger partial charge in [0, 0.05) is 25.8 Å². The van der Waals surface area contributed by atoms with E-state index in [1.165, 1.54) is 0 Å². The van der Waals surface area contributed by atoms with E-state index in [1.807, 2.05) is 26.0 Å². The zero-order valence-corrected chi connectivity index (χ0v) is 14.0. The summed E-state index contributed by atoms with van der Waals surface area (Å²) in [6.45, 7) is 7.95. The van der Waals surface area contributed by atoms with Gasteiger partial charge in [-0.05, 0) is 18.9 Å². The molecule has 0 radical (unpaired) electrons. The van der Waals surface area contributed by atoms with Gasteiger partial charge in [0.25, 0.3) is 0 Å². The average Bonchev–Trinajstić information content (AvgIpc) is 2.42. The minimum Gasteiger partial charge on any atom is -0.489 e. The van der Waals surface area contributed by atoms with Crippen molar-refractivity contribution in [1.29, 1.82) is 0 Å². The Bertz CT molecular complexity index is 436. The molecule has 0 spiro atoms. The molecule has 1 aromatic rings. The SMILES string of the molecule is COCCNCc1cccc(Cl)c1OCC(C)(O)C(C)C. The average molecular weight is 316 g/mol. The summed E-state index contributed by atoms with van der Waals surface area (Å²) in [4.78, 5) is 0. The number of rotatable bonds is 9. The molecule has 0 fully saturated rings. The fourth-order valence-electron chi connectivity index (χ4n) is 1.64. The predicted octanol–water partition coefficient (Wildman–Crippen LogP) is 2.86. The van der Waals surface area contributed by atoms with E-state index in [2.05, 4.69) is 5.32 Å². The van der Waals surface area contributed by atoms with Crippen molar-refractivity contribution < 1.29 is 14.6 Å². The largest absolute Gasteiger partial charge is 0.489 e. The lowest BCUT2D eigenvalue weighted by Crippen LogP contribution is -2.38. The van der Waals surface area contributed by atoms with Crippen LogP contribution in [0.1, 0.15) is 26.3 Å². The van der Waals surface area contributed by atoms with Gasteiger partial charge >= 0.3 is 0 Å². The van der Waals surface area contributed by atoms with Gasteiger partial charge in [0.15, 0.2) is 0 Å². The van der Waals surface area contributed by atoms with Crippen molar-refractivity contribution in [2.45, 2.75) is 32.9 Å². The van der Waals surface area contributed by atoms with Crippen LogP contribution in [0.5, 0.6) is 5.75 Å². The van der Waals surface area contributed by atoms with E-state index in [4.69, 9.17) is 21.1 Å². The molecule has 0 aliphatic carbocycles. The minimum atomic E-state index is -0.889. The maximum absolute atomic E-state index is 10.3. The Morgan fingerprint density at radius 1 is 1.38 bits per heavy atom. The van der Waals surface area contributed by atoms with Crippen molar-refractivity contribution in [3.8, 4) is 5.75 Å². The number of halogens is 1. The molecular formula is C16H26ClNO3. The van der Waals surface area contributed by atoms with Crippen LogP contribution in [0.3, 0.4) is 0 Å². The molecule has 1 atom stereocenters. The lowest BCUT2D eigenvalue weighted by Gasteiger charge is -2.28. The first kappa shape index (κ1) is 18.2. The van der Waals surface area contributed by atoms with Gasteiger partial charge in [-0.3, -0.25) is 0 Å². The van der Waals surface area contributed by atoms with E-state index < -0.39 is 5.60 Å². The Morgan fingerprint density at radius 2 is 2.10 bits per heavy atom. The van der Waals surface area contributed by atoms with Crippen LogP contribution in [0, 0.1) is 5.92 Å². The smallest absolute Gasteiger partial charge is 0.142 e. The van der Waals surface area contributed by atoms with Gasteiger partial charge in [0.1, 0.15) is 12.4 Å². The lowest BCUT2D eigenvalue weighted by molar-refractivity contribution is -0.0268. The highest BCUT2D eigenvalue weighted by Gasteiger charge is 2.26. The molecule has 2 N–H and O–H groups in total. The van der Waals surface area contributed by atoms with Crippen LogP contribution in [0.4, 0.5) is 0 Å². The quantitative estimate of drug-likeness (QED) is 0.688. The summed E-state index contributed by atoms with van der Waals surface area (Å²) >= 11 is 6.22. The van der Waals surface area contributed by atoms with E-state index in [9.17, 15) is 5.11 Å². The van der Waals surface area contributed by atoms with E-state index in [0.29, 0.717) is 23.9 Å². The predicted molar refractivity (Wildman–Crippen MR) is 86.0 cm³/mol. The number of benzene rings is 1. The zero-order valence-electron chi connectivity index (χ0n) is 13.3. The molecule has 0 bridgehead atoms. The number of para-hydroxylation sites is 1. The first-order chi connectivity index (χ1) is 9.88. The van der Waals surface area contributed by atoms with E-state index in [0.717, 1.165) is 12.1 Å². The highest BCUT2D eigenvalue weighted by molar-refractivity contribution is 6.32. The van der Waals surface area contributed by atoms with E-state index >= 15 is 0 Å². The second kappa shape index (κ2) is 8.59. The molecule has 0 heterocycles. The molecule has 0 aliphatic heterocycles. The Labute approximate surface area is 132 Å². The normalized spacial score (nSPS) is 14.2. The van der Waals surface area contributed by atoms with Gasteiger partial charge < -0.3 is 19.9 Å². The molecule has 4 nitrogen and oxygen atoms in total. The standard InChI is InChI=1S/C16H26ClNO3/c1-12(2)16(3,19)11-21-15-13(6-5-7-14(15)17)10-18-8-9-20-4/h5-7,12,18-19H,8-11H2,1-4H3. The summed E-state index contributed by atoms with van der Waals surface area (Å²) < 4.78 is 10.8. The Hall–Kier alpha value is -0.810. The van der Waals surface area contributed by atoms with Crippen LogP contribution in [0.25, 0.3) is 0 Å². The van der Waals surface area contributed by atoms with Gasteiger partial charge in [-0.15, -0.1) is 0 Å². The Balaban J connectivity index is 2.71. The molecule has 0 saturated carbocycles. The third kappa shape index (κ3) is 5.83. The number of methoxy groups -OCH3 is 1. The summed E-state index contributed by atoms with van der Waals surface area (Å²) in [5.41, 5.74) is 0.0815. The van der Waals surface area contributed by atoms with Crippen LogP contribution in [-0.2, 0) is 11.3 Å². The summed E-state index contributed by atoms with van der Waals surface area (Å²) in [6, 6.07) is 5.65. The van der Waals surface area contributed by atoms with E-state index in [-0.39, 0.29) is 12.5 Å². The highest BCUT2D eigenvalue weighted by atomic mass is 35.5. The highest BCUT2D eigenvalue weighted by Crippen LogP contribution is 2.30. The Kier molecular flexibility index (Phi) is 7.46.